The van der Waals surface area contributed by atoms with Crippen molar-refractivity contribution in [3.63, 3.8) is 0 Å². The van der Waals surface area contributed by atoms with E-state index in [0.29, 0.717) is 26.1 Å². The number of morpholine rings is 1. The summed E-state index contributed by atoms with van der Waals surface area (Å²) in [4.78, 5) is 14.4. The molecule has 0 N–H and O–H groups in total. The molecule has 0 bridgehead atoms. The summed E-state index contributed by atoms with van der Waals surface area (Å²) in [5.41, 5.74) is 1.05. The van der Waals surface area contributed by atoms with E-state index in [9.17, 15) is 9.18 Å². The molecule has 1 fully saturated rings. The van der Waals surface area contributed by atoms with Crippen LogP contribution in [0.25, 0.3) is 0 Å². The second-order valence-corrected chi connectivity index (χ2v) is 5.76. The Labute approximate surface area is 126 Å². The lowest BCUT2D eigenvalue weighted by molar-refractivity contribution is -0.138. The average Bonchev–Trinajstić information content (AvgIpc) is 2.47. The zero-order valence-electron chi connectivity index (χ0n) is 12.8. The van der Waals surface area contributed by atoms with Crippen molar-refractivity contribution >= 4 is 5.91 Å². The first-order valence-electron chi connectivity index (χ1n) is 7.75. The molecule has 2 unspecified atom stereocenters. The number of nitrogens with zero attached hydrogens (tertiary/aromatic N) is 1. The summed E-state index contributed by atoms with van der Waals surface area (Å²) in [5, 5.41) is 0. The third-order valence-corrected chi connectivity index (χ3v) is 3.99. The van der Waals surface area contributed by atoms with E-state index in [1.807, 2.05) is 11.8 Å². The van der Waals surface area contributed by atoms with Crippen LogP contribution < -0.4 is 0 Å². The maximum atomic E-state index is 13.0. The Kier molecular flexibility index (Phi) is 5.74. The Morgan fingerprint density at radius 1 is 1.43 bits per heavy atom. The van der Waals surface area contributed by atoms with Gasteiger partial charge in [-0.1, -0.05) is 25.5 Å². The molecule has 0 saturated carbocycles. The number of amides is 1. The number of hydrogen-bond acceptors (Lipinski definition) is 2. The van der Waals surface area contributed by atoms with Crippen LogP contribution in [0.2, 0.25) is 0 Å². The van der Waals surface area contributed by atoms with E-state index in [0.717, 1.165) is 18.4 Å². The first-order valence-corrected chi connectivity index (χ1v) is 7.75. The molecule has 0 radical (unpaired) electrons. The van der Waals surface area contributed by atoms with Gasteiger partial charge in [-0.05, 0) is 37.0 Å². The summed E-state index contributed by atoms with van der Waals surface area (Å²) >= 11 is 0. The van der Waals surface area contributed by atoms with Crippen LogP contribution in [-0.2, 0) is 9.53 Å². The molecule has 1 heterocycles. The van der Waals surface area contributed by atoms with Crippen molar-refractivity contribution in [2.24, 2.45) is 0 Å². The first kappa shape index (κ1) is 16.0. The zero-order chi connectivity index (χ0) is 15.2. The van der Waals surface area contributed by atoms with Crippen LogP contribution in [0, 0.1) is 5.82 Å². The molecule has 1 aliphatic rings. The van der Waals surface area contributed by atoms with Gasteiger partial charge in [0.15, 0.2) is 0 Å². The predicted molar refractivity (Wildman–Crippen MR) is 80.7 cm³/mol. The van der Waals surface area contributed by atoms with Gasteiger partial charge in [-0.2, -0.15) is 0 Å². The minimum atomic E-state index is -0.234. The van der Waals surface area contributed by atoms with Crippen LogP contribution in [-0.4, -0.2) is 36.6 Å². The molecular weight excluding hydrogens is 269 g/mol. The fraction of sp³-hybridized carbons (Fsp3) is 0.588. The van der Waals surface area contributed by atoms with Crippen LogP contribution in [0.4, 0.5) is 4.39 Å². The molecule has 21 heavy (non-hydrogen) atoms. The molecule has 0 spiro atoms. The maximum absolute atomic E-state index is 13.0. The summed E-state index contributed by atoms with van der Waals surface area (Å²) in [7, 11) is 0. The fourth-order valence-corrected chi connectivity index (χ4v) is 2.85. The normalized spacial score (nSPS) is 20.3. The zero-order valence-corrected chi connectivity index (χ0v) is 12.8. The quantitative estimate of drug-likeness (QED) is 0.833. The minimum Gasteiger partial charge on any atom is -0.375 e. The molecule has 3 nitrogen and oxygen atoms in total. The van der Waals surface area contributed by atoms with Crippen molar-refractivity contribution in [3.8, 4) is 0 Å². The average molecular weight is 293 g/mol. The minimum absolute atomic E-state index is 0.109. The highest BCUT2D eigenvalue weighted by Gasteiger charge is 2.24. The van der Waals surface area contributed by atoms with E-state index in [1.165, 1.54) is 12.1 Å². The number of ether oxygens (including phenoxy) is 1. The van der Waals surface area contributed by atoms with Crippen molar-refractivity contribution in [1.82, 2.24) is 4.90 Å². The molecule has 1 saturated heterocycles. The van der Waals surface area contributed by atoms with Crippen LogP contribution in [0.3, 0.4) is 0 Å². The molecule has 4 heteroatoms. The molecular formula is C17H24FNO2. The molecule has 1 aliphatic heterocycles. The lowest BCUT2D eigenvalue weighted by atomic mass is 9.91. The Morgan fingerprint density at radius 2 is 2.14 bits per heavy atom. The molecule has 1 amide bonds. The number of halogens is 1. The topological polar surface area (TPSA) is 29.5 Å². The second-order valence-electron chi connectivity index (χ2n) is 5.76. The third kappa shape index (κ3) is 4.53. The van der Waals surface area contributed by atoms with Crippen LogP contribution >= 0.6 is 0 Å². The van der Waals surface area contributed by atoms with Gasteiger partial charge < -0.3 is 9.64 Å². The smallest absolute Gasteiger partial charge is 0.223 e. The SMILES string of the molecule is CCCC(CC(=O)N1CCOC(C)C1)c1ccc(F)cc1. The van der Waals surface area contributed by atoms with Crippen molar-refractivity contribution in [2.45, 2.75) is 45.1 Å². The molecule has 116 valence electrons. The maximum Gasteiger partial charge on any atom is 0.223 e. The number of benzene rings is 1. The van der Waals surface area contributed by atoms with Crippen molar-refractivity contribution < 1.29 is 13.9 Å². The van der Waals surface area contributed by atoms with E-state index in [4.69, 9.17) is 4.74 Å². The Morgan fingerprint density at radius 3 is 2.76 bits per heavy atom. The van der Waals surface area contributed by atoms with Gasteiger partial charge in [-0.3, -0.25) is 4.79 Å². The fourth-order valence-electron chi connectivity index (χ4n) is 2.85. The van der Waals surface area contributed by atoms with Gasteiger partial charge in [0.25, 0.3) is 0 Å². The van der Waals surface area contributed by atoms with Crippen molar-refractivity contribution in [2.75, 3.05) is 19.7 Å². The molecule has 2 rings (SSSR count). The summed E-state index contributed by atoms with van der Waals surface area (Å²) < 4.78 is 18.5. The Hall–Kier alpha value is -1.42. The Bertz CT molecular complexity index is 460. The van der Waals surface area contributed by atoms with Crippen molar-refractivity contribution in [3.05, 3.63) is 35.6 Å². The van der Waals surface area contributed by atoms with E-state index < -0.39 is 0 Å². The van der Waals surface area contributed by atoms with E-state index in [-0.39, 0.29) is 23.7 Å². The Balaban J connectivity index is 2.01. The predicted octanol–water partition coefficient (Wildman–Crippen LogP) is 3.35. The van der Waals surface area contributed by atoms with Gasteiger partial charge in [-0.25, -0.2) is 4.39 Å². The highest BCUT2D eigenvalue weighted by molar-refractivity contribution is 5.77. The van der Waals surface area contributed by atoms with Gasteiger partial charge in [0.2, 0.25) is 5.91 Å². The second kappa shape index (κ2) is 7.55. The summed E-state index contributed by atoms with van der Waals surface area (Å²) in [6.45, 7) is 6.05. The molecule has 0 aromatic heterocycles. The van der Waals surface area contributed by atoms with Gasteiger partial charge >= 0.3 is 0 Å². The highest BCUT2D eigenvalue weighted by atomic mass is 19.1. The van der Waals surface area contributed by atoms with E-state index in [2.05, 4.69) is 6.92 Å². The largest absolute Gasteiger partial charge is 0.375 e. The number of carbonyl (C=O) groups excluding carboxylic acids is 1. The third-order valence-electron chi connectivity index (χ3n) is 3.99. The van der Waals surface area contributed by atoms with Crippen LogP contribution in [0.5, 0.6) is 0 Å². The van der Waals surface area contributed by atoms with Gasteiger partial charge in [0.05, 0.1) is 12.7 Å². The molecule has 1 aromatic rings. The summed E-state index contributed by atoms with van der Waals surface area (Å²) in [5.74, 6) is 0.108. The summed E-state index contributed by atoms with van der Waals surface area (Å²) in [6.07, 6.45) is 2.55. The first-order chi connectivity index (χ1) is 10.1. The van der Waals surface area contributed by atoms with Gasteiger partial charge in [0, 0.05) is 19.5 Å². The van der Waals surface area contributed by atoms with Gasteiger partial charge in [0.1, 0.15) is 5.82 Å². The highest BCUT2D eigenvalue weighted by Crippen LogP contribution is 2.26. The lowest BCUT2D eigenvalue weighted by Gasteiger charge is -2.32. The number of carbonyl (C=O) groups is 1. The lowest BCUT2D eigenvalue weighted by Crippen LogP contribution is -2.44. The summed E-state index contributed by atoms with van der Waals surface area (Å²) in [6, 6.07) is 6.54. The molecule has 0 aliphatic carbocycles. The van der Waals surface area contributed by atoms with E-state index >= 15 is 0 Å². The van der Waals surface area contributed by atoms with Crippen LogP contribution in [0.15, 0.2) is 24.3 Å². The van der Waals surface area contributed by atoms with Crippen molar-refractivity contribution in [1.29, 1.82) is 0 Å². The monoisotopic (exact) mass is 293 g/mol. The van der Waals surface area contributed by atoms with E-state index in [1.54, 1.807) is 12.1 Å². The number of rotatable bonds is 5. The van der Waals surface area contributed by atoms with Crippen LogP contribution in [0.1, 0.15) is 44.6 Å². The molecule has 1 aromatic carbocycles. The standard InChI is InChI=1S/C17H24FNO2/c1-3-4-15(14-5-7-16(18)8-6-14)11-17(20)19-9-10-21-13(2)12-19/h5-8,13,15H,3-4,9-12H2,1-2H3. The van der Waals surface area contributed by atoms with Gasteiger partial charge in [-0.15, -0.1) is 0 Å². The number of hydrogen-bond donors (Lipinski definition) is 0. The molecule has 2 atom stereocenters.